The standard InChI is InChI=1S/C12H11ClN2O/c1-7-3-4-9(5-8(7)2)12-11(13)10(6-16)14-15-12/h3-6H,1-2H3,(H,14,15). The molecule has 1 aromatic heterocycles. The fourth-order valence-electron chi connectivity index (χ4n) is 1.50. The van der Waals surface area contributed by atoms with Crippen LogP contribution in [0.4, 0.5) is 0 Å². The summed E-state index contributed by atoms with van der Waals surface area (Å²) < 4.78 is 0. The van der Waals surface area contributed by atoms with Crippen molar-refractivity contribution >= 4 is 17.9 Å². The normalized spacial score (nSPS) is 10.4. The number of aromatic nitrogens is 2. The second kappa shape index (κ2) is 4.10. The van der Waals surface area contributed by atoms with Crippen LogP contribution in [0.2, 0.25) is 5.02 Å². The molecule has 0 amide bonds. The van der Waals surface area contributed by atoms with Crippen LogP contribution >= 0.6 is 11.6 Å². The molecule has 4 heteroatoms. The van der Waals surface area contributed by atoms with E-state index in [4.69, 9.17) is 11.6 Å². The molecule has 0 saturated heterocycles. The Labute approximate surface area is 98.4 Å². The first-order chi connectivity index (χ1) is 7.63. The van der Waals surface area contributed by atoms with Crippen molar-refractivity contribution < 1.29 is 4.79 Å². The highest BCUT2D eigenvalue weighted by Crippen LogP contribution is 2.28. The van der Waals surface area contributed by atoms with Crippen molar-refractivity contribution in [3.8, 4) is 11.3 Å². The molecule has 2 aromatic rings. The second-order valence-corrected chi connectivity index (χ2v) is 4.09. The van der Waals surface area contributed by atoms with E-state index in [2.05, 4.69) is 10.2 Å². The van der Waals surface area contributed by atoms with Crippen LogP contribution in [0.1, 0.15) is 21.6 Å². The molecular formula is C12H11ClN2O. The molecule has 3 nitrogen and oxygen atoms in total. The van der Waals surface area contributed by atoms with Gasteiger partial charge in [0.05, 0.1) is 5.02 Å². The molecule has 1 N–H and O–H groups in total. The number of rotatable bonds is 2. The van der Waals surface area contributed by atoms with Crippen molar-refractivity contribution in [1.82, 2.24) is 10.2 Å². The minimum absolute atomic E-state index is 0.315. The van der Waals surface area contributed by atoms with Crippen molar-refractivity contribution in [2.45, 2.75) is 13.8 Å². The molecule has 1 aromatic carbocycles. The minimum atomic E-state index is 0.315. The lowest BCUT2D eigenvalue weighted by molar-refractivity contribution is 0.111. The average molecular weight is 235 g/mol. The first-order valence-corrected chi connectivity index (χ1v) is 5.28. The fourth-order valence-corrected chi connectivity index (χ4v) is 1.74. The Kier molecular flexibility index (Phi) is 2.79. The summed E-state index contributed by atoms with van der Waals surface area (Å²) in [4.78, 5) is 10.6. The highest BCUT2D eigenvalue weighted by Gasteiger charge is 2.12. The molecule has 2 rings (SSSR count). The van der Waals surface area contributed by atoms with Gasteiger partial charge in [0, 0.05) is 5.56 Å². The molecule has 0 fully saturated rings. The number of nitrogens with one attached hydrogen (secondary N) is 1. The minimum Gasteiger partial charge on any atom is -0.296 e. The third-order valence-corrected chi connectivity index (χ3v) is 3.01. The van der Waals surface area contributed by atoms with Crippen LogP contribution in [0.5, 0.6) is 0 Å². The number of hydrogen-bond acceptors (Lipinski definition) is 2. The zero-order valence-electron chi connectivity index (χ0n) is 9.04. The van der Waals surface area contributed by atoms with Crippen LogP contribution in [0.3, 0.4) is 0 Å². The maximum atomic E-state index is 10.6. The lowest BCUT2D eigenvalue weighted by atomic mass is 10.0. The molecule has 0 spiro atoms. The van der Waals surface area contributed by atoms with E-state index >= 15 is 0 Å². The molecule has 0 saturated carbocycles. The summed E-state index contributed by atoms with van der Waals surface area (Å²) in [6, 6.07) is 5.96. The van der Waals surface area contributed by atoms with Gasteiger partial charge in [-0.25, -0.2) is 0 Å². The monoisotopic (exact) mass is 234 g/mol. The van der Waals surface area contributed by atoms with E-state index in [1.807, 2.05) is 32.0 Å². The van der Waals surface area contributed by atoms with Gasteiger partial charge in [0.25, 0.3) is 0 Å². The number of aryl methyl sites for hydroxylation is 2. The van der Waals surface area contributed by atoms with Gasteiger partial charge >= 0.3 is 0 Å². The maximum Gasteiger partial charge on any atom is 0.169 e. The molecule has 0 atom stereocenters. The average Bonchev–Trinajstić information content (AvgIpc) is 2.64. The van der Waals surface area contributed by atoms with Crippen molar-refractivity contribution in [3.63, 3.8) is 0 Å². The summed E-state index contributed by atoms with van der Waals surface area (Å²) in [5.41, 5.74) is 4.23. The lowest BCUT2D eigenvalue weighted by Crippen LogP contribution is -1.84. The number of nitrogens with zero attached hydrogens (tertiary/aromatic N) is 1. The zero-order valence-corrected chi connectivity index (χ0v) is 9.80. The van der Waals surface area contributed by atoms with Crippen molar-refractivity contribution in [1.29, 1.82) is 0 Å². The van der Waals surface area contributed by atoms with Gasteiger partial charge in [-0.05, 0) is 31.0 Å². The van der Waals surface area contributed by atoms with Crippen LogP contribution in [0, 0.1) is 13.8 Å². The van der Waals surface area contributed by atoms with Crippen LogP contribution in [-0.4, -0.2) is 16.5 Å². The number of carbonyl (C=O) groups is 1. The number of aldehydes is 1. The second-order valence-electron chi connectivity index (χ2n) is 3.72. The molecule has 0 unspecified atom stereocenters. The highest BCUT2D eigenvalue weighted by molar-refractivity contribution is 6.35. The van der Waals surface area contributed by atoms with E-state index in [1.165, 1.54) is 11.1 Å². The molecule has 0 aliphatic rings. The number of H-pyrrole nitrogens is 1. The molecule has 82 valence electrons. The van der Waals surface area contributed by atoms with Crippen LogP contribution in [0.15, 0.2) is 18.2 Å². The quantitative estimate of drug-likeness (QED) is 0.812. The topological polar surface area (TPSA) is 45.8 Å². The van der Waals surface area contributed by atoms with Gasteiger partial charge in [0.1, 0.15) is 11.4 Å². The summed E-state index contributed by atoms with van der Waals surface area (Å²) in [5.74, 6) is 0. The Bertz CT molecular complexity index is 546. The SMILES string of the molecule is Cc1ccc(-c2n[nH]c(C=O)c2Cl)cc1C. The van der Waals surface area contributed by atoms with Crippen molar-refractivity contribution in [3.05, 3.63) is 40.0 Å². The number of hydrogen-bond donors (Lipinski definition) is 1. The predicted octanol–water partition coefficient (Wildman–Crippen LogP) is 3.16. The number of halogens is 1. The molecule has 0 aliphatic heterocycles. The Morgan fingerprint density at radius 1 is 1.31 bits per heavy atom. The smallest absolute Gasteiger partial charge is 0.169 e. The van der Waals surface area contributed by atoms with Crippen LogP contribution in [-0.2, 0) is 0 Å². The van der Waals surface area contributed by atoms with Gasteiger partial charge in [-0.15, -0.1) is 0 Å². The number of benzene rings is 1. The van der Waals surface area contributed by atoms with Crippen molar-refractivity contribution in [2.24, 2.45) is 0 Å². The molecule has 16 heavy (non-hydrogen) atoms. The van der Waals surface area contributed by atoms with E-state index in [1.54, 1.807) is 0 Å². The van der Waals surface area contributed by atoms with Crippen LogP contribution < -0.4 is 0 Å². The van der Waals surface area contributed by atoms with E-state index in [9.17, 15) is 4.79 Å². The lowest BCUT2D eigenvalue weighted by Gasteiger charge is -2.02. The summed E-state index contributed by atoms with van der Waals surface area (Å²) in [6.07, 6.45) is 0.667. The molecule has 0 bridgehead atoms. The third kappa shape index (κ3) is 1.74. The molecular weight excluding hydrogens is 224 g/mol. The predicted molar refractivity (Wildman–Crippen MR) is 63.9 cm³/mol. The largest absolute Gasteiger partial charge is 0.296 e. The Morgan fingerprint density at radius 3 is 2.62 bits per heavy atom. The first-order valence-electron chi connectivity index (χ1n) is 4.90. The molecule has 0 aliphatic carbocycles. The summed E-state index contributed by atoms with van der Waals surface area (Å²) in [6.45, 7) is 4.07. The summed E-state index contributed by atoms with van der Waals surface area (Å²) >= 11 is 6.03. The van der Waals surface area contributed by atoms with Gasteiger partial charge in [-0.1, -0.05) is 23.7 Å². The Morgan fingerprint density at radius 2 is 2.06 bits per heavy atom. The van der Waals surface area contributed by atoms with Gasteiger partial charge in [0.2, 0.25) is 0 Å². The summed E-state index contributed by atoms with van der Waals surface area (Å²) in [7, 11) is 0. The number of carbonyl (C=O) groups excluding carboxylic acids is 1. The van der Waals surface area contributed by atoms with E-state index < -0.39 is 0 Å². The van der Waals surface area contributed by atoms with Gasteiger partial charge in [0.15, 0.2) is 6.29 Å². The summed E-state index contributed by atoms with van der Waals surface area (Å²) in [5, 5.41) is 7.02. The first kappa shape index (κ1) is 10.9. The van der Waals surface area contributed by atoms with E-state index in [0.29, 0.717) is 22.7 Å². The fraction of sp³-hybridized carbons (Fsp3) is 0.167. The Balaban J connectivity index is 2.54. The van der Waals surface area contributed by atoms with Gasteiger partial charge in [-0.3, -0.25) is 9.89 Å². The molecule has 1 heterocycles. The van der Waals surface area contributed by atoms with Crippen LogP contribution in [0.25, 0.3) is 11.3 Å². The zero-order chi connectivity index (χ0) is 11.7. The van der Waals surface area contributed by atoms with Crippen molar-refractivity contribution in [2.75, 3.05) is 0 Å². The van der Waals surface area contributed by atoms with Gasteiger partial charge < -0.3 is 0 Å². The van der Waals surface area contributed by atoms with E-state index in [-0.39, 0.29) is 0 Å². The highest BCUT2D eigenvalue weighted by atomic mass is 35.5. The van der Waals surface area contributed by atoms with Gasteiger partial charge in [-0.2, -0.15) is 5.10 Å². The molecule has 0 radical (unpaired) electrons. The number of aromatic amines is 1. The maximum absolute atomic E-state index is 10.6. The third-order valence-electron chi connectivity index (χ3n) is 2.63. The van der Waals surface area contributed by atoms with E-state index in [0.717, 1.165) is 5.56 Å². The Hall–Kier alpha value is -1.61.